The Labute approximate surface area is 208 Å². The van der Waals surface area contributed by atoms with Crippen LogP contribution in [0.5, 0.6) is 0 Å². The molecular formula is C22H19Cl2N9O2. The first-order valence-corrected chi connectivity index (χ1v) is 11.3. The number of primary amides is 1. The summed E-state index contributed by atoms with van der Waals surface area (Å²) in [6.07, 6.45) is 4.50. The van der Waals surface area contributed by atoms with Crippen LogP contribution in [0.1, 0.15) is 35.1 Å². The van der Waals surface area contributed by atoms with Gasteiger partial charge in [0.1, 0.15) is 16.7 Å². The quantitative estimate of drug-likeness (QED) is 0.302. The van der Waals surface area contributed by atoms with Crippen LogP contribution in [0.4, 0.5) is 17.6 Å². The van der Waals surface area contributed by atoms with Gasteiger partial charge in [-0.05, 0) is 37.0 Å². The smallest absolute Gasteiger partial charge is 0.267 e. The minimum Gasteiger partial charge on any atom is -0.382 e. The molecule has 7 N–H and O–H groups in total. The number of nitrogens with zero attached hydrogens (tertiary/aromatic N) is 5. The number of rotatable bonds is 6. The number of fused-ring (bicyclic) bond motifs is 1. The molecule has 11 nitrogen and oxygen atoms in total. The normalized spacial score (nSPS) is 14.1. The molecule has 1 atom stereocenters. The van der Waals surface area contributed by atoms with Gasteiger partial charge in [0, 0.05) is 6.20 Å². The Bertz CT molecular complexity index is 1550. The third-order valence-electron chi connectivity index (χ3n) is 5.70. The number of carbonyl (C=O) groups is 1. The molecule has 1 aliphatic rings. The summed E-state index contributed by atoms with van der Waals surface area (Å²) in [5.41, 5.74) is 17.5. The molecule has 3 aromatic heterocycles. The maximum atomic E-state index is 13.8. The van der Waals surface area contributed by atoms with Gasteiger partial charge in [0.25, 0.3) is 5.56 Å². The van der Waals surface area contributed by atoms with Gasteiger partial charge >= 0.3 is 0 Å². The Hall–Kier alpha value is -3.96. The highest BCUT2D eigenvalue weighted by atomic mass is 35.5. The van der Waals surface area contributed by atoms with Crippen LogP contribution in [-0.2, 0) is 0 Å². The molecule has 0 bridgehead atoms. The number of nitrogens with one attached hydrogen (secondary N) is 1. The molecule has 13 heteroatoms. The minimum absolute atomic E-state index is 0.0187. The van der Waals surface area contributed by atoms with Gasteiger partial charge in [0.15, 0.2) is 5.82 Å². The lowest BCUT2D eigenvalue weighted by molar-refractivity contribution is 0.1000. The molecule has 178 valence electrons. The predicted molar refractivity (Wildman–Crippen MR) is 134 cm³/mol. The number of halogens is 2. The van der Waals surface area contributed by atoms with E-state index in [1.807, 2.05) is 0 Å². The fourth-order valence-electron chi connectivity index (χ4n) is 3.90. The summed E-state index contributed by atoms with van der Waals surface area (Å²) in [5, 5.41) is 3.82. The van der Waals surface area contributed by atoms with E-state index in [-0.39, 0.29) is 44.5 Å². The molecule has 4 aromatic rings. The fourth-order valence-corrected chi connectivity index (χ4v) is 4.29. The number of anilines is 3. The Morgan fingerprint density at radius 2 is 1.91 bits per heavy atom. The summed E-state index contributed by atoms with van der Waals surface area (Å²) in [4.78, 5) is 42.6. The predicted octanol–water partition coefficient (Wildman–Crippen LogP) is 2.70. The number of hydrogen-bond acceptors (Lipinski definition) is 9. The van der Waals surface area contributed by atoms with Crippen LogP contribution in [-0.4, -0.2) is 30.4 Å². The highest BCUT2D eigenvalue weighted by Gasteiger charge is 2.37. The topological polar surface area (TPSA) is 181 Å². The molecule has 1 amide bonds. The molecule has 5 rings (SSSR count). The summed E-state index contributed by atoms with van der Waals surface area (Å²) < 4.78 is 1.37. The van der Waals surface area contributed by atoms with Crippen molar-refractivity contribution in [1.29, 1.82) is 0 Å². The van der Waals surface area contributed by atoms with E-state index in [2.05, 4.69) is 20.3 Å². The zero-order valence-electron chi connectivity index (χ0n) is 18.1. The maximum absolute atomic E-state index is 13.8. The summed E-state index contributed by atoms with van der Waals surface area (Å²) in [6, 6.07) is 5.98. The molecule has 1 aliphatic carbocycles. The van der Waals surface area contributed by atoms with Crippen molar-refractivity contribution in [2.45, 2.75) is 18.9 Å². The third kappa shape index (κ3) is 4.19. The first-order valence-electron chi connectivity index (χ1n) is 10.6. The third-order valence-corrected chi connectivity index (χ3v) is 6.38. The van der Waals surface area contributed by atoms with E-state index < -0.39 is 17.5 Å². The number of carbonyl (C=O) groups excluding carboxylic acids is 1. The van der Waals surface area contributed by atoms with E-state index in [9.17, 15) is 9.59 Å². The van der Waals surface area contributed by atoms with Crippen molar-refractivity contribution in [3.8, 4) is 5.69 Å². The van der Waals surface area contributed by atoms with Crippen LogP contribution in [0, 0.1) is 5.92 Å². The van der Waals surface area contributed by atoms with Gasteiger partial charge in [-0.1, -0.05) is 29.3 Å². The lowest BCUT2D eigenvalue weighted by atomic mass is 10.1. The van der Waals surface area contributed by atoms with Gasteiger partial charge in [-0.2, -0.15) is 9.97 Å². The van der Waals surface area contributed by atoms with Crippen LogP contribution < -0.4 is 28.1 Å². The number of amides is 1. The van der Waals surface area contributed by atoms with Crippen LogP contribution >= 0.6 is 23.2 Å². The largest absolute Gasteiger partial charge is 0.382 e. The molecule has 1 saturated carbocycles. The van der Waals surface area contributed by atoms with Gasteiger partial charge < -0.3 is 22.5 Å². The summed E-state index contributed by atoms with van der Waals surface area (Å²) in [6.45, 7) is 0. The average molecular weight is 512 g/mol. The van der Waals surface area contributed by atoms with Gasteiger partial charge in [-0.15, -0.1) is 0 Å². The molecule has 1 aromatic carbocycles. The van der Waals surface area contributed by atoms with Crippen molar-refractivity contribution in [3.05, 3.63) is 68.4 Å². The number of benzene rings is 1. The van der Waals surface area contributed by atoms with Crippen LogP contribution in [0.25, 0.3) is 16.6 Å². The monoisotopic (exact) mass is 511 g/mol. The van der Waals surface area contributed by atoms with E-state index in [0.29, 0.717) is 17.0 Å². The van der Waals surface area contributed by atoms with Gasteiger partial charge in [0.05, 0.1) is 39.4 Å². The van der Waals surface area contributed by atoms with Crippen molar-refractivity contribution in [1.82, 2.24) is 24.5 Å². The fraction of sp³-hybridized carbons (Fsp3) is 0.182. The van der Waals surface area contributed by atoms with Gasteiger partial charge in [-0.25, -0.2) is 4.98 Å². The Morgan fingerprint density at radius 3 is 2.63 bits per heavy atom. The standard InChI is InChI=1S/C22H19Cl2N9O2/c23-12-2-1-3-13-14(12)21(35)33(11-6-10(18(26)34)7-28-8-11)20(29-13)16(9-4-5-9)30-19-15(24)17(25)31-22(27)32-19/h1-3,6-9,16H,4-5H2,(H2,26,34)(H5,25,27,30,31,32). The second kappa shape index (κ2) is 8.67. The highest BCUT2D eigenvalue weighted by Crippen LogP contribution is 2.44. The molecule has 35 heavy (non-hydrogen) atoms. The van der Waals surface area contributed by atoms with E-state index >= 15 is 0 Å². The van der Waals surface area contributed by atoms with Crippen molar-refractivity contribution in [2.24, 2.45) is 11.7 Å². The summed E-state index contributed by atoms with van der Waals surface area (Å²) in [7, 11) is 0. The Kier molecular flexibility index (Phi) is 5.65. The lowest BCUT2D eigenvalue weighted by Gasteiger charge is -2.24. The molecule has 0 spiro atoms. The van der Waals surface area contributed by atoms with E-state index in [1.54, 1.807) is 18.2 Å². The average Bonchev–Trinajstić information content (AvgIpc) is 3.65. The maximum Gasteiger partial charge on any atom is 0.267 e. The van der Waals surface area contributed by atoms with Crippen molar-refractivity contribution in [3.63, 3.8) is 0 Å². The first-order chi connectivity index (χ1) is 16.7. The van der Waals surface area contributed by atoms with Crippen molar-refractivity contribution in [2.75, 3.05) is 16.8 Å². The molecule has 1 fully saturated rings. The zero-order valence-corrected chi connectivity index (χ0v) is 19.6. The molecule has 1 unspecified atom stereocenters. The molecule has 3 heterocycles. The molecule has 0 aliphatic heterocycles. The summed E-state index contributed by atoms with van der Waals surface area (Å²) >= 11 is 12.7. The van der Waals surface area contributed by atoms with Crippen LogP contribution in [0.3, 0.4) is 0 Å². The SMILES string of the molecule is NC(=O)c1cncc(-n2c(C(Nc3nc(N)nc(N)c3Cl)C3CC3)nc3cccc(Cl)c3c2=O)c1. The van der Waals surface area contributed by atoms with E-state index in [1.165, 1.54) is 23.0 Å². The lowest BCUT2D eigenvalue weighted by Crippen LogP contribution is -2.30. The van der Waals surface area contributed by atoms with E-state index in [4.69, 9.17) is 45.4 Å². The van der Waals surface area contributed by atoms with E-state index in [0.717, 1.165) is 12.8 Å². The van der Waals surface area contributed by atoms with Gasteiger partial charge in [-0.3, -0.25) is 19.1 Å². The van der Waals surface area contributed by atoms with Crippen molar-refractivity contribution >= 4 is 57.6 Å². The minimum atomic E-state index is -0.684. The van der Waals surface area contributed by atoms with Crippen LogP contribution in [0.15, 0.2) is 41.5 Å². The zero-order chi connectivity index (χ0) is 24.9. The number of nitrogen functional groups attached to an aromatic ring is 2. The Balaban J connectivity index is 1.77. The molecular weight excluding hydrogens is 493 g/mol. The number of aromatic nitrogens is 5. The van der Waals surface area contributed by atoms with Gasteiger partial charge in [0.2, 0.25) is 11.9 Å². The summed E-state index contributed by atoms with van der Waals surface area (Å²) in [5.74, 6) is -0.0582. The molecule has 0 saturated heterocycles. The van der Waals surface area contributed by atoms with Crippen molar-refractivity contribution < 1.29 is 4.79 Å². The number of hydrogen-bond donors (Lipinski definition) is 4. The number of pyridine rings is 1. The van der Waals surface area contributed by atoms with Crippen LogP contribution in [0.2, 0.25) is 10.0 Å². The second-order valence-electron chi connectivity index (χ2n) is 8.13. The molecule has 0 radical (unpaired) electrons. The Morgan fingerprint density at radius 1 is 1.14 bits per heavy atom. The first kappa shape index (κ1) is 22.8. The highest BCUT2D eigenvalue weighted by molar-refractivity contribution is 6.35. The second-order valence-corrected chi connectivity index (χ2v) is 8.91. The number of nitrogens with two attached hydrogens (primary N) is 3.